The van der Waals surface area contributed by atoms with Crippen molar-refractivity contribution in [1.29, 1.82) is 0 Å². The number of nitrogens with zero attached hydrogens (tertiary/aromatic N) is 4. The van der Waals surface area contributed by atoms with Crippen molar-refractivity contribution in [2.75, 3.05) is 55.5 Å². The van der Waals surface area contributed by atoms with Crippen molar-refractivity contribution >= 4 is 42.2 Å². The van der Waals surface area contributed by atoms with Crippen molar-refractivity contribution in [3.8, 4) is 0 Å². The lowest BCUT2D eigenvalue weighted by Gasteiger charge is -2.37. The Balaban J connectivity index is 1.37. The van der Waals surface area contributed by atoms with Gasteiger partial charge in [-0.1, -0.05) is 0 Å². The van der Waals surface area contributed by atoms with Crippen LogP contribution in [0.4, 0.5) is 11.5 Å². The summed E-state index contributed by atoms with van der Waals surface area (Å²) in [5, 5.41) is 3.96. The van der Waals surface area contributed by atoms with Gasteiger partial charge in [0.15, 0.2) is 19.7 Å². The fourth-order valence-electron chi connectivity index (χ4n) is 4.98. The number of anilines is 2. The molecule has 1 N–H and O–H groups in total. The molecule has 1 saturated carbocycles. The van der Waals surface area contributed by atoms with E-state index in [0.29, 0.717) is 21.2 Å². The van der Waals surface area contributed by atoms with Gasteiger partial charge in [-0.25, -0.2) is 21.8 Å². The smallest absolute Gasteiger partial charge is 0.177 e. The highest BCUT2D eigenvalue weighted by molar-refractivity contribution is 7.91. The highest BCUT2D eigenvalue weighted by atomic mass is 32.2. The predicted molar refractivity (Wildman–Crippen MR) is 138 cm³/mol. The lowest BCUT2D eigenvalue weighted by Crippen LogP contribution is -2.46. The number of piperazine rings is 1. The molecule has 5 rings (SSSR count). The van der Waals surface area contributed by atoms with E-state index in [1.54, 1.807) is 18.3 Å². The highest BCUT2D eigenvalue weighted by Crippen LogP contribution is 2.37. The SMILES string of the molecule is CNC1CC(n2cc(S(C)(=O)=O)c3ccc(N4CCN(c5ccc(S(C)(=O)=O)cc5)CC4)nc32)C1. The van der Waals surface area contributed by atoms with Gasteiger partial charge in [0.1, 0.15) is 11.5 Å². The summed E-state index contributed by atoms with van der Waals surface area (Å²) in [7, 11) is -4.63. The molecule has 9 nitrogen and oxygen atoms in total. The van der Waals surface area contributed by atoms with Crippen molar-refractivity contribution in [2.24, 2.45) is 0 Å². The topological polar surface area (TPSA) is 105 Å². The van der Waals surface area contributed by atoms with Crippen molar-refractivity contribution in [3.05, 3.63) is 42.6 Å². The van der Waals surface area contributed by atoms with E-state index in [2.05, 4.69) is 15.1 Å². The van der Waals surface area contributed by atoms with Crippen LogP contribution >= 0.6 is 0 Å². The Bertz CT molecular complexity index is 1450. The van der Waals surface area contributed by atoms with Crippen LogP contribution < -0.4 is 15.1 Å². The Hall–Kier alpha value is -2.63. The molecule has 2 fully saturated rings. The minimum Gasteiger partial charge on any atom is -0.368 e. The average molecular weight is 518 g/mol. The number of pyridine rings is 1. The maximum atomic E-state index is 12.4. The van der Waals surface area contributed by atoms with Gasteiger partial charge in [-0.05, 0) is 56.3 Å². The van der Waals surface area contributed by atoms with E-state index in [9.17, 15) is 16.8 Å². The summed E-state index contributed by atoms with van der Waals surface area (Å²) in [4.78, 5) is 10.0. The summed E-state index contributed by atoms with van der Waals surface area (Å²) in [6.45, 7) is 3.08. The molecular weight excluding hydrogens is 486 g/mol. The third kappa shape index (κ3) is 4.64. The van der Waals surface area contributed by atoms with Gasteiger partial charge in [0.25, 0.3) is 0 Å². The zero-order chi connectivity index (χ0) is 25.0. The molecule has 3 aromatic rings. The molecule has 0 spiro atoms. The number of fused-ring (bicyclic) bond motifs is 1. The second-order valence-electron chi connectivity index (χ2n) is 9.56. The molecule has 2 aliphatic rings. The van der Waals surface area contributed by atoms with E-state index in [1.807, 2.05) is 35.9 Å². The quantitative estimate of drug-likeness (QED) is 0.530. The van der Waals surface area contributed by atoms with Crippen LogP contribution in [0.3, 0.4) is 0 Å². The molecule has 1 saturated heterocycles. The average Bonchev–Trinajstić information content (AvgIpc) is 3.17. The molecule has 0 bridgehead atoms. The minimum absolute atomic E-state index is 0.236. The standard InChI is InChI=1S/C24H31N5O4S2/c1-25-17-14-19(15-17)29-16-22(35(3,32)33)21-8-9-23(26-24(21)29)28-12-10-27(11-13-28)18-4-6-20(7-5-18)34(2,30)31/h4-9,16-17,19,25H,10-15H2,1-3H3. The van der Waals surface area contributed by atoms with Gasteiger partial charge in [-0.15, -0.1) is 0 Å². The first kappa shape index (κ1) is 24.1. The van der Waals surface area contributed by atoms with Crippen LogP contribution in [-0.4, -0.2) is 78.2 Å². The van der Waals surface area contributed by atoms with Crippen LogP contribution in [0.25, 0.3) is 11.0 Å². The fourth-order valence-corrected chi connectivity index (χ4v) is 6.48. The van der Waals surface area contributed by atoms with Crippen molar-refractivity contribution in [3.63, 3.8) is 0 Å². The lowest BCUT2D eigenvalue weighted by molar-refractivity contribution is 0.240. The second-order valence-corrected chi connectivity index (χ2v) is 13.6. The molecule has 1 aliphatic carbocycles. The molecule has 0 atom stereocenters. The zero-order valence-electron chi connectivity index (χ0n) is 20.2. The normalized spacial score (nSPS) is 21.3. The predicted octanol–water partition coefficient (Wildman–Crippen LogP) is 2.09. The summed E-state index contributed by atoms with van der Waals surface area (Å²) >= 11 is 0. The number of benzene rings is 1. The molecule has 0 radical (unpaired) electrons. The number of aromatic nitrogens is 2. The molecular formula is C24H31N5O4S2. The van der Waals surface area contributed by atoms with Gasteiger partial charge in [0, 0.05) is 68.0 Å². The van der Waals surface area contributed by atoms with E-state index in [4.69, 9.17) is 4.98 Å². The Kier molecular flexibility index (Phi) is 6.05. The Labute approximate surface area is 206 Å². The van der Waals surface area contributed by atoms with Crippen LogP contribution in [0.1, 0.15) is 18.9 Å². The van der Waals surface area contributed by atoms with Gasteiger partial charge < -0.3 is 19.7 Å². The zero-order valence-corrected chi connectivity index (χ0v) is 21.8. The fraction of sp³-hybridized carbons (Fsp3) is 0.458. The molecule has 0 amide bonds. The summed E-state index contributed by atoms with van der Waals surface area (Å²) in [5.41, 5.74) is 1.72. The second kappa shape index (κ2) is 8.79. The van der Waals surface area contributed by atoms with Gasteiger partial charge >= 0.3 is 0 Å². The summed E-state index contributed by atoms with van der Waals surface area (Å²) in [6.07, 6.45) is 6.12. The summed E-state index contributed by atoms with van der Waals surface area (Å²) < 4.78 is 50.4. The molecule has 1 aliphatic heterocycles. The molecule has 2 aromatic heterocycles. The van der Waals surface area contributed by atoms with Crippen LogP contribution in [0.15, 0.2) is 52.4 Å². The largest absolute Gasteiger partial charge is 0.368 e. The van der Waals surface area contributed by atoms with E-state index >= 15 is 0 Å². The molecule has 188 valence electrons. The van der Waals surface area contributed by atoms with Gasteiger partial charge in [-0.3, -0.25) is 0 Å². The van der Waals surface area contributed by atoms with Crippen molar-refractivity contribution in [2.45, 2.75) is 34.7 Å². The first-order valence-electron chi connectivity index (χ1n) is 11.7. The van der Waals surface area contributed by atoms with E-state index in [-0.39, 0.29) is 6.04 Å². The molecule has 3 heterocycles. The van der Waals surface area contributed by atoms with Gasteiger partial charge in [-0.2, -0.15) is 0 Å². The molecule has 1 aromatic carbocycles. The molecule has 0 unspecified atom stereocenters. The lowest BCUT2D eigenvalue weighted by atomic mass is 9.87. The molecule has 11 heteroatoms. The number of hydrogen-bond acceptors (Lipinski definition) is 8. The van der Waals surface area contributed by atoms with Crippen LogP contribution in [-0.2, 0) is 19.7 Å². The van der Waals surface area contributed by atoms with Crippen LogP contribution in [0.5, 0.6) is 0 Å². The Morgan fingerprint density at radius 2 is 1.49 bits per heavy atom. The van der Waals surface area contributed by atoms with E-state index in [0.717, 1.165) is 56.2 Å². The number of sulfone groups is 2. The maximum Gasteiger partial charge on any atom is 0.177 e. The van der Waals surface area contributed by atoms with E-state index in [1.165, 1.54) is 12.5 Å². The third-order valence-corrected chi connectivity index (χ3v) is 9.43. The maximum absolute atomic E-state index is 12.4. The summed E-state index contributed by atoms with van der Waals surface area (Å²) in [5.74, 6) is 0.841. The number of rotatable bonds is 6. The van der Waals surface area contributed by atoms with Gasteiger partial charge in [0.05, 0.1) is 9.79 Å². The van der Waals surface area contributed by atoms with Crippen LogP contribution in [0, 0.1) is 0 Å². The summed E-state index contributed by atoms with van der Waals surface area (Å²) in [6, 6.07) is 11.5. The van der Waals surface area contributed by atoms with Crippen molar-refractivity contribution in [1.82, 2.24) is 14.9 Å². The first-order chi connectivity index (χ1) is 16.5. The third-order valence-electron chi connectivity index (χ3n) is 7.17. The van der Waals surface area contributed by atoms with Crippen LogP contribution in [0.2, 0.25) is 0 Å². The van der Waals surface area contributed by atoms with Crippen molar-refractivity contribution < 1.29 is 16.8 Å². The number of nitrogens with one attached hydrogen (secondary N) is 1. The molecule has 35 heavy (non-hydrogen) atoms. The van der Waals surface area contributed by atoms with E-state index < -0.39 is 19.7 Å². The minimum atomic E-state index is -3.37. The Morgan fingerprint density at radius 3 is 2.06 bits per heavy atom. The Morgan fingerprint density at radius 1 is 0.857 bits per heavy atom. The number of hydrogen-bond donors (Lipinski definition) is 1. The van der Waals surface area contributed by atoms with Gasteiger partial charge in [0.2, 0.25) is 0 Å². The highest BCUT2D eigenvalue weighted by Gasteiger charge is 2.32. The first-order valence-corrected chi connectivity index (χ1v) is 15.5. The monoisotopic (exact) mass is 517 g/mol.